The summed E-state index contributed by atoms with van der Waals surface area (Å²) in [6, 6.07) is 6.40. The average molecular weight is 496 g/mol. The van der Waals surface area contributed by atoms with Gasteiger partial charge in [-0.2, -0.15) is 0 Å². The van der Waals surface area contributed by atoms with Gasteiger partial charge in [-0.15, -0.1) is 0 Å². The number of methoxy groups -OCH3 is 1. The number of hydrogen-bond acceptors (Lipinski definition) is 12. The highest BCUT2D eigenvalue weighted by Crippen LogP contribution is 2.30. The van der Waals surface area contributed by atoms with E-state index in [-0.39, 0.29) is 18.8 Å². The van der Waals surface area contributed by atoms with Gasteiger partial charge in [0.2, 0.25) is 0 Å². The van der Waals surface area contributed by atoms with Crippen LogP contribution in [0.5, 0.6) is 0 Å². The highest BCUT2D eigenvalue weighted by molar-refractivity contribution is 5.89. The van der Waals surface area contributed by atoms with Crippen molar-refractivity contribution in [2.45, 2.75) is 65.0 Å². The van der Waals surface area contributed by atoms with E-state index in [9.17, 15) is 24.0 Å². The van der Waals surface area contributed by atoms with Crippen molar-refractivity contribution in [3.63, 3.8) is 0 Å². The molecule has 12 nitrogen and oxygen atoms in total. The van der Waals surface area contributed by atoms with Gasteiger partial charge in [0.05, 0.1) is 19.3 Å². The van der Waals surface area contributed by atoms with Gasteiger partial charge in [-0.05, 0) is 17.7 Å². The van der Waals surface area contributed by atoms with Gasteiger partial charge in [-0.1, -0.05) is 12.1 Å². The van der Waals surface area contributed by atoms with E-state index in [0.29, 0.717) is 5.56 Å². The molecule has 0 radical (unpaired) electrons. The molecule has 1 saturated heterocycles. The van der Waals surface area contributed by atoms with Crippen molar-refractivity contribution < 1.29 is 57.1 Å². The highest BCUT2D eigenvalue weighted by atomic mass is 16.7. The van der Waals surface area contributed by atoms with Crippen LogP contribution in [-0.2, 0) is 58.9 Å². The molecule has 0 saturated carbocycles. The summed E-state index contributed by atoms with van der Waals surface area (Å²) in [4.78, 5) is 58.6. The molecule has 1 fully saturated rings. The van der Waals surface area contributed by atoms with Crippen LogP contribution >= 0.6 is 0 Å². The second kappa shape index (κ2) is 12.8. The Labute approximate surface area is 201 Å². The van der Waals surface area contributed by atoms with Gasteiger partial charge < -0.3 is 33.2 Å². The molecule has 2 rings (SSSR count). The maximum Gasteiger partial charge on any atom is 0.337 e. The van der Waals surface area contributed by atoms with Crippen LogP contribution in [0.25, 0.3) is 0 Å². The fourth-order valence-electron chi connectivity index (χ4n) is 3.41. The molecule has 1 aromatic rings. The predicted octanol–water partition coefficient (Wildman–Crippen LogP) is 1.07. The lowest BCUT2D eigenvalue weighted by Gasteiger charge is -2.44. The van der Waals surface area contributed by atoms with E-state index in [1.165, 1.54) is 20.1 Å². The van der Waals surface area contributed by atoms with E-state index < -0.39 is 60.6 Å². The van der Waals surface area contributed by atoms with Crippen LogP contribution in [0.3, 0.4) is 0 Å². The lowest BCUT2D eigenvalue weighted by molar-refractivity contribution is -0.310. The largest absolute Gasteiger partial charge is 0.465 e. The Balaban J connectivity index is 2.37. The number of esters is 5. The first-order valence-corrected chi connectivity index (χ1v) is 10.6. The summed E-state index contributed by atoms with van der Waals surface area (Å²) in [5, 5.41) is 0. The monoisotopic (exact) mass is 496 g/mol. The van der Waals surface area contributed by atoms with Crippen molar-refractivity contribution in [3.05, 3.63) is 35.4 Å². The summed E-state index contributed by atoms with van der Waals surface area (Å²) in [5.74, 6) is -3.39. The summed E-state index contributed by atoms with van der Waals surface area (Å²) < 4.78 is 37.4. The molecule has 1 aliphatic heterocycles. The molecule has 0 unspecified atom stereocenters. The molecule has 12 heteroatoms. The lowest BCUT2D eigenvalue weighted by atomic mass is 9.98. The van der Waals surface area contributed by atoms with Crippen molar-refractivity contribution in [2.24, 2.45) is 0 Å². The first-order valence-electron chi connectivity index (χ1n) is 10.6. The second-order valence-corrected chi connectivity index (χ2v) is 7.57. The standard InChI is InChI=1S/C23H28O12/c1-12(24)30-11-18-19(32-13(2)25)20(33-14(3)26)21(34-15(4)27)23(35-18)31-10-16-7-6-8-17(9-16)22(28)29-5/h6-9,18-21,23H,10-11H2,1-5H3/t18-,19+,20+,21-,23-/m1/s1. The van der Waals surface area contributed by atoms with Gasteiger partial charge in [-0.3, -0.25) is 19.2 Å². The van der Waals surface area contributed by atoms with E-state index in [4.69, 9.17) is 33.2 Å². The molecule has 0 aromatic heterocycles. The molecule has 35 heavy (non-hydrogen) atoms. The highest BCUT2D eigenvalue weighted by Gasteiger charge is 2.52. The number of ether oxygens (including phenoxy) is 7. The third-order valence-corrected chi connectivity index (χ3v) is 4.71. The fourth-order valence-corrected chi connectivity index (χ4v) is 3.41. The van der Waals surface area contributed by atoms with Crippen molar-refractivity contribution in [3.8, 4) is 0 Å². The van der Waals surface area contributed by atoms with Crippen molar-refractivity contribution in [2.75, 3.05) is 13.7 Å². The second-order valence-electron chi connectivity index (χ2n) is 7.57. The summed E-state index contributed by atoms with van der Waals surface area (Å²) in [7, 11) is 1.25. The fraction of sp³-hybridized carbons (Fsp3) is 0.522. The van der Waals surface area contributed by atoms with Crippen LogP contribution in [0.4, 0.5) is 0 Å². The van der Waals surface area contributed by atoms with Crippen LogP contribution < -0.4 is 0 Å². The quantitative estimate of drug-likeness (QED) is 0.355. The Hall–Kier alpha value is -3.51. The van der Waals surface area contributed by atoms with Crippen molar-refractivity contribution in [1.29, 1.82) is 0 Å². The molecule has 0 N–H and O–H groups in total. The Bertz CT molecular complexity index is 942. The minimum Gasteiger partial charge on any atom is -0.465 e. The van der Waals surface area contributed by atoms with E-state index in [1.54, 1.807) is 18.2 Å². The Morgan fingerprint density at radius 2 is 1.43 bits per heavy atom. The van der Waals surface area contributed by atoms with E-state index in [1.807, 2.05) is 0 Å². The molecule has 1 aliphatic rings. The molecule has 0 aliphatic carbocycles. The first kappa shape index (κ1) is 27.7. The molecule has 1 heterocycles. The zero-order valence-corrected chi connectivity index (χ0v) is 20.0. The molecule has 0 spiro atoms. The minimum atomic E-state index is -1.34. The van der Waals surface area contributed by atoms with Gasteiger partial charge in [0.15, 0.2) is 24.6 Å². The smallest absolute Gasteiger partial charge is 0.337 e. The average Bonchev–Trinajstić information content (AvgIpc) is 2.78. The third-order valence-electron chi connectivity index (χ3n) is 4.71. The molecule has 192 valence electrons. The number of carbonyl (C=O) groups excluding carboxylic acids is 5. The van der Waals surface area contributed by atoms with Crippen LogP contribution in [0.2, 0.25) is 0 Å². The Kier molecular flexibility index (Phi) is 10.2. The summed E-state index contributed by atoms with van der Waals surface area (Å²) in [5.41, 5.74) is 0.843. The zero-order valence-electron chi connectivity index (χ0n) is 20.0. The molecular weight excluding hydrogens is 468 g/mol. The van der Waals surface area contributed by atoms with E-state index >= 15 is 0 Å². The topological polar surface area (TPSA) is 150 Å². The predicted molar refractivity (Wildman–Crippen MR) is 115 cm³/mol. The first-order chi connectivity index (χ1) is 16.5. The normalized spacial score (nSPS) is 23.5. The van der Waals surface area contributed by atoms with Crippen molar-refractivity contribution in [1.82, 2.24) is 0 Å². The summed E-state index contributed by atoms with van der Waals surface area (Å²) >= 11 is 0. The number of rotatable bonds is 9. The third kappa shape index (κ3) is 8.34. The maximum atomic E-state index is 11.8. The molecule has 0 bridgehead atoms. The molecule has 5 atom stereocenters. The van der Waals surface area contributed by atoms with E-state index in [2.05, 4.69) is 0 Å². The lowest BCUT2D eigenvalue weighted by Crippen LogP contribution is -2.62. The molecular formula is C23H28O12. The Morgan fingerprint density at radius 3 is 2.00 bits per heavy atom. The SMILES string of the molecule is COC(=O)c1cccc(CO[C@@H]2O[C@H](COC(C)=O)[C@H](OC(C)=O)[C@H](OC(C)=O)[C@H]2OC(C)=O)c1. The summed E-state index contributed by atoms with van der Waals surface area (Å²) in [6.45, 7) is 4.09. The molecule has 1 aromatic carbocycles. The van der Waals surface area contributed by atoms with Gasteiger partial charge in [0.1, 0.15) is 12.7 Å². The van der Waals surface area contributed by atoms with Crippen LogP contribution in [0, 0.1) is 0 Å². The van der Waals surface area contributed by atoms with Crippen LogP contribution in [-0.4, -0.2) is 74.3 Å². The van der Waals surface area contributed by atoms with Crippen molar-refractivity contribution >= 4 is 29.8 Å². The minimum absolute atomic E-state index is 0.113. The summed E-state index contributed by atoms with van der Waals surface area (Å²) in [6.07, 6.45) is -6.38. The van der Waals surface area contributed by atoms with Crippen LogP contribution in [0.1, 0.15) is 43.6 Å². The van der Waals surface area contributed by atoms with Gasteiger partial charge in [0.25, 0.3) is 0 Å². The van der Waals surface area contributed by atoms with Gasteiger partial charge in [0, 0.05) is 27.7 Å². The number of hydrogen-bond donors (Lipinski definition) is 0. The maximum absolute atomic E-state index is 11.8. The zero-order chi connectivity index (χ0) is 26.1. The number of carbonyl (C=O) groups is 5. The van der Waals surface area contributed by atoms with E-state index in [0.717, 1.165) is 20.8 Å². The van der Waals surface area contributed by atoms with Gasteiger partial charge >= 0.3 is 29.8 Å². The number of benzene rings is 1. The van der Waals surface area contributed by atoms with Crippen LogP contribution in [0.15, 0.2) is 24.3 Å². The Morgan fingerprint density at radius 1 is 0.829 bits per heavy atom. The molecule has 0 amide bonds. The van der Waals surface area contributed by atoms with Gasteiger partial charge in [-0.25, -0.2) is 4.79 Å².